The summed E-state index contributed by atoms with van der Waals surface area (Å²) < 4.78 is 22.4. The van der Waals surface area contributed by atoms with Gasteiger partial charge in [-0.2, -0.15) is 0 Å². The van der Waals surface area contributed by atoms with Crippen LogP contribution in [0.4, 0.5) is 5.69 Å². The molecule has 3 heterocycles. The Bertz CT molecular complexity index is 1610. The highest BCUT2D eigenvalue weighted by Crippen LogP contribution is 2.55. The number of methoxy groups -OCH3 is 2. The number of fused-ring (bicyclic) bond motifs is 4. The van der Waals surface area contributed by atoms with Crippen LogP contribution in [-0.2, 0) is 31.1 Å². The van der Waals surface area contributed by atoms with Crippen molar-refractivity contribution in [2.45, 2.75) is 76.4 Å². The summed E-state index contributed by atoms with van der Waals surface area (Å²) in [4.78, 5) is 32.0. The van der Waals surface area contributed by atoms with Gasteiger partial charge >= 0.3 is 5.97 Å². The van der Waals surface area contributed by atoms with Crippen LogP contribution in [0.15, 0.2) is 90.7 Å². The standard InChI is InChI=1S/C42H52N2O6/c1-4-32-28-43-25-23-42(39(43)27-35(32)36(30-47-2)40(45)48-3)37-17-11-12-18-38(37)44(41(42)46)24-13-6-5-7-14-26-49-33-19-21-34(22-20-33)50-29-31-15-9-8-10-16-31/h8-12,15-22,30,32,35,39H,4-7,13-14,23-29H2,1-3H3/b36-30+/t32-,35?,39?,42+/m0/s1. The number of amides is 1. The minimum atomic E-state index is -0.592. The molecule has 266 valence electrons. The number of hydrogen-bond donors (Lipinski definition) is 0. The van der Waals surface area contributed by atoms with Crippen LogP contribution in [0.25, 0.3) is 0 Å². The second-order valence-electron chi connectivity index (χ2n) is 13.9. The fourth-order valence-corrected chi connectivity index (χ4v) is 8.51. The molecule has 2 saturated heterocycles. The number of para-hydroxylation sites is 1. The van der Waals surface area contributed by atoms with Gasteiger partial charge in [0, 0.05) is 24.8 Å². The summed E-state index contributed by atoms with van der Waals surface area (Å²) in [6.45, 7) is 5.87. The van der Waals surface area contributed by atoms with Crippen LogP contribution in [0.5, 0.6) is 11.5 Å². The number of anilines is 1. The largest absolute Gasteiger partial charge is 0.504 e. The number of ether oxygens (including phenoxy) is 4. The van der Waals surface area contributed by atoms with Crippen molar-refractivity contribution in [1.29, 1.82) is 0 Å². The Kier molecular flexibility index (Phi) is 11.8. The Hall–Kier alpha value is -4.30. The quantitative estimate of drug-likeness (QED) is 0.0664. The Morgan fingerprint density at radius 3 is 2.32 bits per heavy atom. The molecule has 0 saturated carbocycles. The zero-order valence-electron chi connectivity index (χ0n) is 29.9. The lowest BCUT2D eigenvalue weighted by molar-refractivity contribution is -0.137. The number of carbonyl (C=O) groups excluding carboxylic acids is 2. The lowest BCUT2D eigenvalue weighted by Crippen LogP contribution is -2.55. The molecule has 0 bridgehead atoms. The van der Waals surface area contributed by atoms with Crippen LogP contribution in [0.2, 0.25) is 0 Å². The second-order valence-corrected chi connectivity index (χ2v) is 13.9. The molecule has 0 aliphatic carbocycles. The van der Waals surface area contributed by atoms with Gasteiger partial charge in [-0.05, 0) is 85.5 Å². The summed E-state index contributed by atoms with van der Waals surface area (Å²) in [5, 5.41) is 0. The molecular weight excluding hydrogens is 628 g/mol. The van der Waals surface area contributed by atoms with E-state index in [0.717, 1.165) is 99.3 Å². The summed E-state index contributed by atoms with van der Waals surface area (Å²) in [5.41, 5.74) is 3.33. The van der Waals surface area contributed by atoms with Gasteiger partial charge < -0.3 is 23.8 Å². The first-order valence-electron chi connectivity index (χ1n) is 18.4. The predicted molar refractivity (Wildman–Crippen MR) is 195 cm³/mol. The van der Waals surface area contributed by atoms with Gasteiger partial charge in [-0.25, -0.2) is 4.79 Å². The van der Waals surface area contributed by atoms with E-state index in [2.05, 4.69) is 47.1 Å². The summed E-state index contributed by atoms with van der Waals surface area (Å²) in [6, 6.07) is 26.4. The summed E-state index contributed by atoms with van der Waals surface area (Å²) in [5.74, 6) is 1.83. The number of carbonyl (C=O) groups is 2. The number of hydrogen-bond acceptors (Lipinski definition) is 7. The normalized spacial score (nSPS) is 23.1. The van der Waals surface area contributed by atoms with E-state index in [1.807, 2.05) is 48.5 Å². The summed E-state index contributed by atoms with van der Waals surface area (Å²) in [7, 11) is 2.99. The van der Waals surface area contributed by atoms with E-state index in [-0.39, 0.29) is 23.8 Å². The number of unbranched alkanes of at least 4 members (excludes halogenated alkanes) is 4. The Balaban J connectivity index is 0.992. The highest BCUT2D eigenvalue weighted by molar-refractivity contribution is 6.09. The minimum Gasteiger partial charge on any atom is -0.504 e. The van der Waals surface area contributed by atoms with E-state index in [9.17, 15) is 9.59 Å². The van der Waals surface area contributed by atoms with Crippen molar-refractivity contribution in [3.05, 3.63) is 102 Å². The van der Waals surface area contributed by atoms with Crippen LogP contribution in [0.3, 0.4) is 0 Å². The van der Waals surface area contributed by atoms with Gasteiger partial charge in [-0.3, -0.25) is 9.69 Å². The molecule has 50 heavy (non-hydrogen) atoms. The molecule has 3 aromatic carbocycles. The van der Waals surface area contributed by atoms with Gasteiger partial charge in [-0.15, -0.1) is 0 Å². The van der Waals surface area contributed by atoms with Crippen LogP contribution < -0.4 is 14.4 Å². The second kappa shape index (κ2) is 16.6. The maximum Gasteiger partial charge on any atom is 0.337 e. The van der Waals surface area contributed by atoms with Gasteiger partial charge in [0.05, 0.1) is 38.1 Å². The van der Waals surface area contributed by atoms with E-state index in [1.54, 1.807) is 13.4 Å². The fourth-order valence-electron chi connectivity index (χ4n) is 8.51. The summed E-state index contributed by atoms with van der Waals surface area (Å²) in [6.07, 6.45) is 9.22. The predicted octanol–water partition coefficient (Wildman–Crippen LogP) is 7.70. The van der Waals surface area contributed by atoms with Gasteiger partial charge in [-0.1, -0.05) is 81.1 Å². The molecule has 1 spiro atoms. The number of piperidine rings is 1. The highest BCUT2D eigenvalue weighted by atomic mass is 16.5. The first kappa shape index (κ1) is 35.5. The SMILES string of the molecule is CC[C@H]1CN2CC[C@]3(C(=O)N(CCCCCCCOc4ccc(OCc5ccccc5)cc4)c4ccccc43)C2CC1/C(=C\OC)C(=O)OC. The average Bonchev–Trinajstić information content (AvgIpc) is 3.65. The molecular formula is C42H52N2O6. The van der Waals surface area contributed by atoms with Crippen molar-refractivity contribution in [3.8, 4) is 11.5 Å². The van der Waals surface area contributed by atoms with Crippen molar-refractivity contribution in [2.24, 2.45) is 11.8 Å². The third-order valence-electron chi connectivity index (χ3n) is 11.1. The lowest BCUT2D eigenvalue weighted by atomic mass is 9.67. The molecule has 0 radical (unpaired) electrons. The first-order valence-corrected chi connectivity index (χ1v) is 18.4. The van der Waals surface area contributed by atoms with Gasteiger partial charge in [0.15, 0.2) is 0 Å². The number of esters is 1. The zero-order valence-corrected chi connectivity index (χ0v) is 29.9. The topological polar surface area (TPSA) is 77.5 Å². The molecule has 0 N–H and O–H groups in total. The third-order valence-corrected chi connectivity index (χ3v) is 11.1. The van der Waals surface area contributed by atoms with E-state index >= 15 is 0 Å². The van der Waals surface area contributed by atoms with Crippen molar-refractivity contribution in [2.75, 3.05) is 45.4 Å². The number of benzene rings is 3. The molecule has 4 atom stereocenters. The Labute approximate surface area is 297 Å². The molecule has 3 aliphatic rings. The van der Waals surface area contributed by atoms with Gasteiger partial charge in [0.1, 0.15) is 18.1 Å². The van der Waals surface area contributed by atoms with E-state index in [0.29, 0.717) is 24.7 Å². The van der Waals surface area contributed by atoms with Crippen LogP contribution in [0.1, 0.15) is 69.4 Å². The molecule has 2 unspecified atom stereocenters. The molecule has 3 aromatic rings. The van der Waals surface area contributed by atoms with Crippen LogP contribution in [-0.4, -0.2) is 63.3 Å². The molecule has 2 fully saturated rings. The smallest absolute Gasteiger partial charge is 0.337 e. The number of rotatable bonds is 16. The summed E-state index contributed by atoms with van der Waals surface area (Å²) >= 11 is 0. The van der Waals surface area contributed by atoms with Gasteiger partial charge in [0.2, 0.25) is 5.91 Å². The van der Waals surface area contributed by atoms with Crippen molar-refractivity contribution < 1.29 is 28.5 Å². The average molecular weight is 681 g/mol. The van der Waals surface area contributed by atoms with Gasteiger partial charge in [0.25, 0.3) is 0 Å². The number of nitrogens with zero attached hydrogens (tertiary/aromatic N) is 2. The molecule has 8 heteroatoms. The molecule has 6 rings (SSSR count). The molecule has 0 aromatic heterocycles. The van der Waals surface area contributed by atoms with E-state index in [4.69, 9.17) is 18.9 Å². The van der Waals surface area contributed by atoms with Crippen LogP contribution >= 0.6 is 0 Å². The zero-order chi connectivity index (χ0) is 34.9. The van der Waals surface area contributed by atoms with Crippen molar-refractivity contribution in [3.63, 3.8) is 0 Å². The van der Waals surface area contributed by atoms with E-state index in [1.165, 1.54) is 7.11 Å². The molecule has 3 aliphatic heterocycles. The van der Waals surface area contributed by atoms with Crippen molar-refractivity contribution >= 4 is 17.6 Å². The maximum absolute atomic E-state index is 14.6. The third kappa shape index (κ3) is 7.41. The monoisotopic (exact) mass is 680 g/mol. The lowest BCUT2D eigenvalue weighted by Gasteiger charge is -2.45. The highest BCUT2D eigenvalue weighted by Gasteiger charge is 2.62. The fraction of sp³-hybridized carbons (Fsp3) is 0.476. The van der Waals surface area contributed by atoms with Crippen LogP contribution in [0, 0.1) is 11.8 Å². The molecule has 1 amide bonds. The Morgan fingerprint density at radius 2 is 1.58 bits per heavy atom. The molecule has 8 nitrogen and oxygen atoms in total. The Morgan fingerprint density at radius 1 is 0.880 bits per heavy atom. The van der Waals surface area contributed by atoms with E-state index < -0.39 is 5.41 Å². The maximum atomic E-state index is 14.6. The minimum absolute atomic E-state index is 0.0249. The van der Waals surface area contributed by atoms with Crippen molar-refractivity contribution in [1.82, 2.24) is 4.90 Å². The first-order chi connectivity index (χ1) is 24.5.